The minimum absolute atomic E-state index is 0.0166. The topological polar surface area (TPSA) is 98.4 Å². The van der Waals surface area contributed by atoms with Crippen LogP contribution in [0.15, 0.2) is 53.5 Å². The molecular weight excluding hydrogens is 484 g/mol. The first kappa shape index (κ1) is 25.2. The van der Waals surface area contributed by atoms with E-state index < -0.39 is 29.5 Å². The molecule has 3 aromatic rings. The summed E-state index contributed by atoms with van der Waals surface area (Å²) in [6.45, 7) is 3.00. The third kappa shape index (κ3) is 5.81. The van der Waals surface area contributed by atoms with E-state index in [1.54, 1.807) is 0 Å². The predicted molar refractivity (Wildman–Crippen MR) is 118 cm³/mol. The third-order valence-electron chi connectivity index (χ3n) is 5.28. The highest BCUT2D eigenvalue weighted by atomic mass is 19.4. The van der Waals surface area contributed by atoms with Crippen LogP contribution in [0, 0.1) is 17.1 Å². The second kappa shape index (κ2) is 10.3. The van der Waals surface area contributed by atoms with Crippen LogP contribution in [-0.4, -0.2) is 28.7 Å². The molecule has 188 valence electrons. The maximum atomic E-state index is 13.5. The lowest BCUT2D eigenvalue weighted by molar-refractivity contribution is -0.140. The molecule has 0 saturated carbocycles. The molecule has 12 heteroatoms. The molecule has 0 radical (unpaired) electrons. The van der Waals surface area contributed by atoms with E-state index in [1.165, 1.54) is 35.0 Å². The standard InChI is InChI=1S/C24H20F4N4O4/c1-14-11-30-12-22(35-14)32-7-6-21(31-23(32)33)34-13-15-2-5-20(16(8-15)10-29)36-17-3-4-19(25)18(9-17)24(26,27)28/h2-9,14,22,30H,11-13H2,1H3. The van der Waals surface area contributed by atoms with E-state index in [0.29, 0.717) is 30.8 Å². The van der Waals surface area contributed by atoms with Crippen molar-refractivity contribution in [3.05, 3.63) is 81.7 Å². The molecule has 0 bridgehead atoms. The van der Waals surface area contributed by atoms with Crippen LogP contribution in [0.1, 0.15) is 29.8 Å². The number of rotatable bonds is 6. The highest BCUT2D eigenvalue weighted by molar-refractivity contribution is 5.48. The maximum absolute atomic E-state index is 13.5. The van der Waals surface area contributed by atoms with Crippen LogP contribution < -0.4 is 20.5 Å². The molecule has 8 nitrogen and oxygen atoms in total. The van der Waals surface area contributed by atoms with Gasteiger partial charge in [-0.15, -0.1) is 0 Å². The lowest BCUT2D eigenvalue weighted by Gasteiger charge is -2.29. The SMILES string of the molecule is CC1CNCC(n2ccc(OCc3ccc(Oc4ccc(F)c(C(F)(F)F)c4)c(C#N)c3)nc2=O)O1. The van der Waals surface area contributed by atoms with E-state index in [-0.39, 0.29) is 35.7 Å². The van der Waals surface area contributed by atoms with E-state index in [4.69, 9.17) is 14.2 Å². The molecule has 0 amide bonds. The average molecular weight is 504 g/mol. The van der Waals surface area contributed by atoms with Crippen molar-refractivity contribution in [2.75, 3.05) is 13.1 Å². The number of nitriles is 1. The number of nitrogens with one attached hydrogen (secondary N) is 1. The Labute approximate surface area is 202 Å². The molecule has 2 unspecified atom stereocenters. The lowest BCUT2D eigenvalue weighted by atomic mass is 10.1. The predicted octanol–water partition coefficient (Wildman–Crippen LogP) is 4.15. The van der Waals surface area contributed by atoms with E-state index >= 15 is 0 Å². The van der Waals surface area contributed by atoms with Gasteiger partial charge in [-0.3, -0.25) is 4.57 Å². The number of halogens is 4. The normalized spacial score (nSPS) is 17.9. The molecule has 2 heterocycles. The van der Waals surface area contributed by atoms with Crippen LogP contribution in [-0.2, 0) is 17.5 Å². The van der Waals surface area contributed by atoms with Crippen LogP contribution in [0.5, 0.6) is 17.4 Å². The summed E-state index contributed by atoms with van der Waals surface area (Å²) in [4.78, 5) is 16.3. The first-order valence-corrected chi connectivity index (χ1v) is 10.8. The molecule has 1 aliphatic heterocycles. The average Bonchev–Trinajstić information content (AvgIpc) is 2.84. The fourth-order valence-electron chi connectivity index (χ4n) is 3.55. The molecule has 2 aromatic carbocycles. The van der Waals surface area contributed by atoms with E-state index in [9.17, 15) is 27.6 Å². The number of morpholine rings is 1. The van der Waals surface area contributed by atoms with E-state index in [2.05, 4.69) is 10.3 Å². The Kier molecular flexibility index (Phi) is 7.23. The first-order chi connectivity index (χ1) is 17.1. The molecule has 1 aliphatic rings. The maximum Gasteiger partial charge on any atom is 0.419 e. The molecule has 36 heavy (non-hydrogen) atoms. The van der Waals surface area contributed by atoms with Gasteiger partial charge in [0.15, 0.2) is 6.23 Å². The second-order valence-corrected chi connectivity index (χ2v) is 7.99. The van der Waals surface area contributed by atoms with Gasteiger partial charge in [-0.05, 0) is 42.8 Å². The van der Waals surface area contributed by atoms with E-state index in [0.717, 1.165) is 6.07 Å². The molecule has 1 saturated heterocycles. The highest BCUT2D eigenvalue weighted by Gasteiger charge is 2.34. The number of alkyl halides is 3. The molecule has 1 aromatic heterocycles. The Hall–Kier alpha value is -3.95. The van der Waals surface area contributed by atoms with Crippen LogP contribution >= 0.6 is 0 Å². The molecule has 1 fully saturated rings. The Morgan fingerprint density at radius 3 is 2.72 bits per heavy atom. The van der Waals surface area contributed by atoms with Gasteiger partial charge >= 0.3 is 11.9 Å². The van der Waals surface area contributed by atoms with Gasteiger partial charge in [0.2, 0.25) is 5.88 Å². The minimum atomic E-state index is -4.89. The van der Waals surface area contributed by atoms with Gasteiger partial charge in [-0.2, -0.15) is 23.4 Å². The molecule has 2 atom stereocenters. The van der Waals surface area contributed by atoms with Gasteiger partial charge < -0.3 is 19.5 Å². The van der Waals surface area contributed by atoms with Gasteiger partial charge in [-0.25, -0.2) is 9.18 Å². The first-order valence-electron chi connectivity index (χ1n) is 10.8. The second-order valence-electron chi connectivity index (χ2n) is 7.99. The summed E-state index contributed by atoms with van der Waals surface area (Å²) in [6, 6.07) is 9.96. The van der Waals surface area contributed by atoms with Gasteiger partial charge in [-0.1, -0.05) is 6.07 Å². The highest BCUT2D eigenvalue weighted by Crippen LogP contribution is 2.35. The molecule has 4 rings (SSSR count). The summed E-state index contributed by atoms with van der Waals surface area (Å²) in [5.41, 5.74) is -1.48. The number of hydrogen-bond donors (Lipinski definition) is 1. The van der Waals surface area contributed by atoms with Crippen LogP contribution in [0.3, 0.4) is 0 Å². The zero-order valence-corrected chi connectivity index (χ0v) is 18.9. The van der Waals surface area contributed by atoms with Gasteiger partial charge in [0.25, 0.3) is 0 Å². The number of benzene rings is 2. The quantitative estimate of drug-likeness (QED) is 0.504. The summed E-state index contributed by atoms with van der Waals surface area (Å²) in [5, 5.41) is 12.6. The van der Waals surface area contributed by atoms with Gasteiger partial charge in [0.05, 0.1) is 17.2 Å². The summed E-state index contributed by atoms with van der Waals surface area (Å²) < 4.78 is 70.4. The van der Waals surface area contributed by atoms with Crippen molar-refractivity contribution in [1.82, 2.24) is 14.9 Å². The summed E-state index contributed by atoms with van der Waals surface area (Å²) in [6.07, 6.45) is -3.91. The monoisotopic (exact) mass is 504 g/mol. The van der Waals surface area contributed by atoms with Crippen molar-refractivity contribution < 1.29 is 31.8 Å². The van der Waals surface area contributed by atoms with Crippen molar-refractivity contribution in [3.63, 3.8) is 0 Å². The van der Waals surface area contributed by atoms with Crippen molar-refractivity contribution in [2.45, 2.75) is 32.0 Å². The molecular formula is C24H20F4N4O4. The number of ether oxygens (including phenoxy) is 3. The van der Waals surface area contributed by atoms with Crippen molar-refractivity contribution in [2.24, 2.45) is 0 Å². The van der Waals surface area contributed by atoms with Crippen LogP contribution in [0.4, 0.5) is 17.6 Å². The van der Waals surface area contributed by atoms with Crippen LogP contribution in [0.25, 0.3) is 0 Å². The Morgan fingerprint density at radius 2 is 2.03 bits per heavy atom. The largest absolute Gasteiger partial charge is 0.473 e. The Morgan fingerprint density at radius 1 is 1.22 bits per heavy atom. The third-order valence-corrected chi connectivity index (χ3v) is 5.28. The fourth-order valence-corrected chi connectivity index (χ4v) is 3.55. The number of nitrogens with zero attached hydrogens (tertiary/aromatic N) is 3. The summed E-state index contributed by atoms with van der Waals surface area (Å²) in [7, 11) is 0. The molecule has 1 N–H and O–H groups in total. The Bertz CT molecular complexity index is 1350. The lowest BCUT2D eigenvalue weighted by Crippen LogP contribution is -2.44. The van der Waals surface area contributed by atoms with Gasteiger partial charge in [0, 0.05) is 25.4 Å². The summed E-state index contributed by atoms with van der Waals surface area (Å²) >= 11 is 0. The van der Waals surface area contributed by atoms with Crippen molar-refractivity contribution in [3.8, 4) is 23.4 Å². The number of hydrogen-bond acceptors (Lipinski definition) is 7. The zero-order chi connectivity index (χ0) is 25.9. The smallest absolute Gasteiger partial charge is 0.419 e. The van der Waals surface area contributed by atoms with Gasteiger partial charge in [0.1, 0.15) is 30.0 Å². The molecule has 0 aliphatic carbocycles. The zero-order valence-electron chi connectivity index (χ0n) is 18.9. The van der Waals surface area contributed by atoms with Crippen LogP contribution in [0.2, 0.25) is 0 Å². The molecule has 0 spiro atoms. The number of aromatic nitrogens is 2. The summed E-state index contributed by atoms with van der Waals surface area (Å²) in [5.74, 6) is -1.66. The fraction of sp³-hybridized carbons (Fsp3) is 0.292. The van der Waals surface area contributed by atoms with E-state index in [1.807, 2.05) is 13.0 Å². The Balaban J connectivity index is 1.45. The minimum Gasteiger partial charge on any atom is -0.473 e. The van der Waals surface area contributed by atoms with Crippen molar-refractivity contribution >= 4 is 0 Å². The van der Waals surface area contributed by atoms with Crippen molar-refractivity contribution in [1.29, 1.82) is 5.26 Å².